The Balaban J connectivity index is 1.33. The minimum Gasteiger partial charge on any atom is -0.481 e. The van der Waals surface area contributed by atoms with Gasteiger partial charge in [0.15, 0.2) is 5.58 Å². The van der Waals surface area contributed by atoms with E-state index in [4.69, 9.17) is 9.52 Å². The molecule has 1 aliphatic heterocycles. The van der Waals surface area contributed by atoms with Crippen molar-refractivity contribution < 1.29 is 19.1 Å². The van der Waals surface area contributed by atoms with Crippen LogP contribution in [0, 0.1) is 5.92 Å². The zero-order valence-electron chi connectivity index (χ0n) is 15.3. The molecule has 3 aromatic rings. The standard InChI is InChI=1S/C21H21N3O4/c25-19(26)13-14-5-7-16(8-6-14)22-20(27)15-9-11-24(12-10-15)21-23-17-3-1-2-4-18(17)28-21/h1-8,15H,9-13H2,(H,22,27)(H,25,26). The first-order valence-corrected chi connectivity index (χ1v) is 9.30. The lowest BCUT2D eigenvalue weighted by Crippen LogP contribution is -2.38. The van der Waals surface area contributed by atoms with Crippen LogP contribution in [0.3, 0.4) is 0 Å². The predicted molar refractivity (Wildman–Crippen MR) is 105 cm³/mol. The van der Waals surface area contributed by atoms with Crippen LogP contribution in [-0.4, -0.2) is 35.1 Å². The average molecular weight is 379 g/mol. The molecule has 1 aliphatic rings. The molecule has 7 heteroatoms. The molecule has 2 heterocycles. The summed E-state index contributed by atoms with van der Waals surface area (Å²) in [5, 5.41) is 11.7. The number of hydrogen-bond donors (Lipinski definition) is 2. The van der Waals surface area contributed by atoms with E-state index in [-0.39, 0.29) is 18.2 Å². The number of nitrogens with zero attached hydrogens (tertiary/aromatic N) is 2. The number of amides is 1. The molecule has 0 spiro atoms. The van der Waals surface area contributed by atoms with Gasteiger partial charge in [0.05, 0.1) is 6.42 Å². The quantitative estimate of drug-likeness (QED) is 0.706. The van der Waals surface area contributed by atoms with Gasteiger partial charge in [0.2, 0.25) is 5.91 Å². The maximum atomic E-state index is 12.6. The first-order chi connectivity index (χ1) is 13.6. The minimum atomic E-state index is -0.873. The van der Waals surface area contributed by atoms with Crippen LogP contribution in [0.25, 0.3) is 11.1 Å². The fourth-order valence-electron chi connectivity index (χ4n) is 3.45. The molecule has 1 fully saturated rings. The fourth-order valence-corrected chi connectivity index (χ4v) is 3.45. The fraction of sp³-hybridized carbons (Fsp3) is 0.286. The highest BCUT2D eigenvalue weighted by Gasteiger charge is 2.27. The Hall–Kier alpha value is -3.35. The Labute approximate surface area is 162 Å². The van der Waals surface area contributed by atoms with E-state index in [1.807, 2.05) is 24.3 Å². The van der Waals surface area contributed by atoms with Crippen molar-refractivity contribution in [2.45, 2.75) is 19.3 Å². The molecule has 0 saturated carbocycles. The lowest BCUT2D eigenvalue weighted by Gasteiger charge is -2.30. The Kier molecular flexibility index (Phi) is 4.97. The van der Waals surface area contributed by atoms with Crippen molar-refractivity contribution in [3.05, 3.63) is 54.1 Å². The highest BCUT2D eigenvalue weighted by atomic mass is 16.4. The molecular formula is C21H21N3O4. The topological polar surface area (TPSA) is 95.7 Å². The average Bonchev–Trinajstić information content (AvgIpc) is 3.13. The van der Waals surface area contributed by atoms with Gasteiger partial charge < -0.3 is 19.7 Å². The number of carbonyl (C=O) groups is 2. The predicted octanol–water partition coefficient (Wildman–Crippen LogP) is 3.31. The first kappa shape index (κ1) is 18.0. The lowest BCUT2D eigenvalue weighted by atomic mass is 9.96. The third kappa shape index (κ3) is 3.98. The van der Waals surface area contributed by atoms with Gasteiger partial charge in [-0.2, -0.15) is 4.98 Å². The van der Waals surface area contributed by atoms with Crippen LogP contribution in [-0.2, 0) is 16.0 Å². The minimum absolute atomic E-state index is 0.0109. The second-order valence-electron chi connectivity index (χ2n) is 6.98. The molecule has 28 heavy (non-hydrogen) atoms. The number of aromatic nitrogens is 1. The van der Waals surface area contributed by atoms with E-state index >= 15 is 0 Å². The Morgan fingerprint density at radius 2 is 1.82 bits per heavy atom. The Morgan fingerprint density at radius 3 is 2.50 bits per heavy atom. The number of fused-ring (bicyclic) bond motifs is 1. The van der Waals surface area contributed by atoms with Crippen molar-refractivity contribution in [2.75, 3.05) is 23.3 Å². The van der Waals surface area contributed by atoms with Crippen molar-refractivity contribution in [3.63, 3.8) is 0 Å². The first-order valence-electron chi connectivity index (χ1n) is 9.30. The van der Waals surface area contributed by atoms with Crippen LogP contribution < -0.4 is 10.2 Å². The largest absolute Gasteiger partial charge is 0.481 e. The van der Waals surface area contributed by atoms with Gasteiger partial charge in [0.1, 0.15) is 5.52 Å². The molecule has 2 N–H and O–H groups in total. The molecule has 0 atom stereocenters. The molecule has 4 rings (SSSR count). The molecule has 1 amide bonds. The summed E-state index contributed by atoms with van der Waals surface area (Å²) in [5.74, 6) is -0.954. The molecule has 7 nitrogen and oxygen atoms in total. The van der Waals surface area contributed by atoms with Gasteiger partial charge in [-0.1, -0.05) is 24.3 Å². The van der Waals surface area contributed by atoms with Gasteiger partial charge in [-0.3, -0.25) is 9.59 Å². The van der Waals surface area contributed by atoms with Crippen molar-refractivity contribution in [3.8, 4) is 0 Å². The van der Waals surface area contributed by atoms with Crippen LogP contribution in [0.4, 0.5) is 11.7 Å². The smallest absolute Gasteiger partial charge is 0.307 e. The van der Waals surface area contributed by atoms with Gasteiger partial charge in [0.25, 0.3) is 6.01 Å². The summed E-state index contributed by atoms with van der Waals surface area (Å²) >= 11 is 0. The van der Waals surface area contributed by atoms with Crippen molar-refractivity contribution >= 4 is 34.7 Å². The van der Waals surface area contributed by atoms with E-state index in [1.165, 1.54) is 0 Å². The highest BCUT2D eigenvalue weighted by Crippen LogP contribution is 2.27. The number of anilines is 2. The molecule has 1 saturated heterocycles. The number of piperidine rings is 1. The second-order valence-corrected chi connectivity index (χ2v) is 6.98. The summed E-state index contributed by atoms with van der Waals surface area (Å²) in [6.45, 7) is 1.42. The monoisotopic (exact) mass is 379 g/mol. The number of hydrogen-bond acceptors (Lipinski definition) is 5. The summed E-state index contributed by atoms with van der Waals surface area (Å²) in [6, 6.07) is 15.2. The van der Waals surface area contributed by atoms with E-state index in [9.17, 15) is 9.59 Å². The van der Waals surface area contributed by atoms with Crippen LogP contribution in [0.1, 0.15) is 18.4 Å². The second kappa shape index (κ2) is 7.72. The molecular weight excluding hydrogens is 358 g/mol. The van der Waals surface area contributed by atoms with Crippen LogP contribution in [0.15, 0.2) is 52.9 Å². The van der Waals surface area contributed by atoms with E-state index < -0.39 is 5.97 Å². The summed E-state index contributed by atoms with van der Waals surface area (Å²) in [7, 11) is 0. The number of aliphatic carboxylic acids is 1. The number of carboxylic acids is 1. The Bertz CT molecular complexity index is 955. The number of nitrogens with one attached hydrogen (secondary N) is 1. The molecule has 0 aliphatic carbocycles. The number of benzene rings is 2. The zero-order chi connectivity index (χ0) is 19.5. The number of para-hydroxylation sites is 2. The van der Waals surface area contributed by atoms with E-state index in [1.54, 1.807) is 24.3 Å². The summed E-state index contributed by atoms with van der Waals surface area (Å²) in [4.78, 5) is 29.9. The maximum Gasteiger partial charge on any atom is 0.307 e. The van der Waals surface area contributed by atoms with E-state index in [0.29, 0.717) is 30.4 Å². The van der Waals surface area contributed by atoms with Crippen molar-refractivity contribution in [1.82, 2.24) is 4.98 Å². The molecule has 0 bridgehead atoms. The SMILES string of the molecule is O=C(O)Cc1ccc(NC(=O)C2CCN(c3nc4ccccc4o3)CC2)cc1. The number of oxazole rings is 1. The van der Waals surface area contributed by atoms with Crippen LogP contribution in [0.2, 0.25) is 0 Å². The highest BCUT2D eigenvalue weighted by molar-refractivity contribution is 5.92. The zero-order valence-corrected chi connectivity index (χ0v) is 15.3. The van der Waals surface area contributed by atoms with E-state index in [0.717, 1.165) is 23.9 Å². The van der Waals surface area contributed by atoms with Crippen LogP contribution in [0.5, 0.6) is 0 Å². The van der Waals surface area contributed by atoms with Gasteiger partial charge in [0, 0.05) is 24.7 Å². The number of rotatable bonds is 5. The summed E-state index contributed by atoms with van der Waals surface area (Å²) in [5.41, 5.74) is 2.99. The van der Waals surface area contributed by atoms with Crippen molar-refractivity contribution in [1.29, 1.82) is 0 Å². The summed E-state index contributed by atoms with van der Waals surface area (Å²) in [6.07, 6.45) is 1.42. The molecule has 0 radical (unpaired) electrons. The number of carbonyl (C=O) groups excluding carboxylic acids is 1. The number of carboxylic acid groups (broad SMARTS) is 1. The molecule has 0 unspecified atom stereocenters. The van der Waals surface area contributed by atoms with Gasteiger partial charge in [-0.05, 0) is 42.7 Å². The normalized spacial score (nSPS) is 14.9. The van der Waals surface area contributed by atoms with Gasteiger partial charge >= 0.3 is 5.97 Å². The third-order valence-electron chi connectivity index (χ3n) is 5.00. The third-order valence-corrected chi connectivity index (χ3v) is 5.00. The van der Waals surface area contributed by atoms with Crippen molar-refractivity contribution in [2.24, 2.45) is 5.92 Å². The molecule has 144 valence electrons. The lowest BCUT2D eigenvalue weighted by molar-refractivity contribution is -0.136. The van der Waals surface area contributed by atoms with E-state index in [2.05, 4.69) is 15.2 Å². The van der Waals surface area contributed by atoms with Gasteiger partial charge in [-0.15, -0.1) is 0 Å². The molecule has 1 aromatic heterocycles. The molecule has 2 aromatic carbocycles. The summed E-state index contributed by atoms with van der Waals surface area (Å²) < 4.78 is 5.81. The van der Waals surface area contributed by atoms with Gasteiger partial charge in [-0.25, -0.2) is 0 Å². The maximum absolute atomic E-state index is 12.6. The Morgan fingerprint density at radius 1 is 1.11 bits per heavy atom. The van der Waals surface area contributed by atoms with Crippen LogP contribution >= 0.6 is 0 Å².